The summed E-state index contributed by atoms with van der Waals surface area (Å²) in [5.41, 5.74) is -0.529. The topological polar surface area (TPSA) is 101 Å². The highest BCUT2D eigenvalue weighted by atomic mass is 32.2. The Morgan fingerprint density at radius 2 is 1.77 bits per heavy atom. The molecule has 128 valence electrons. The normalized spacial score (nSPS) is 36.0. The van der Waals surface area contributed by atoms with E-state index in [-0.39, 0.29) is 24.5 Å². The first-order chi connectivity index (χ1) is 9.93. The molecule has 2 saturated carbocycles. The summed E-state index contributed by atoms with van der Waals surface area (Å²) in [7, 11) is -5.84. The van der Waals surface area contributed by atoms with Gasteiger partial charge >= 0.3 is 21.3 Å². The van der Waals surface area contributed by atoms with Gasteiger partial charge in [0.05, 0.1) is 12.7 Å². The average Bonchev–Trinajstić information content (AvgIpc) is 2.32. The van der Waals surface area contributed by atoms with E-state index in [1.54, 1.807) is 6.92 Å². The van der Waals surface area contributed by atoms with Crippen molar-refractivity contribution in [2.24, 2.45) is 17.3 Å². The Balaban J connectivity index is 1.98. The zero-order valence-electron chi connectivity index (χ0n) is 12.2. The second kappa shape index (κ2) is 5.68. The molecule has 0 heterocycles. The van der Waals surface area contributed by atoms with Gasteiger partial charge in [-0.15, -0.1) is 0 Å². The summed E-state index contributed by atoms with van der Waals surface area (Å²) in [6.07, 6.45) is 3.13. The summed E-state index contributed by atoms with van der Waals surface area (Å²) in [4.78, 5) is 11.2. The van der Waals surface area contributed by atoms with Crippen molar-refractivity contribution in [3.63, 3.8) is 0 Å². The summed E-state index contributed by atoms with van der Waals surface area (Å²) in [6, 6.07) is 0. The molecule has 9 heteroatoms. The van der Waals surface area contributed by atoms with Crippen LogP contribution < -0.4 is 0 Å². The Labute approximate surface area is 127 Å². The molecule has 0 amide bonds. The van der Waals surface area contributed by atoms with Gasteiger partial charge in [0.25, 0.3) is 0 Å². The Kier molecular flexibility index (Phi) is 4.53. The van der Waals surface area contributed by atoms with E-state index in [2.05, 4.69) is 4.74 Å². The lowest BCUT2D eigenvalue weighted by Crippen LogP contribution is -2.44. The van der Waals surface area contributed by atoms with Crippen molar-refractivity contribution < 1.29 is 36.4 Å². The van der Waals surface area contributed by atoms with E-state index < -0.39 is 26.8 Å². The third-order valence-corrected chi connectivity index (χ3v) is 5.37. The summed E-state index contributed by atoms with van der Waals surface area (Å²) in [5.74, 6) is -1.77. The predicted molar refractivity (Wildman–Crippen MR) is 71.6 cm³/mol. The molecule has 0 saturated heterocycles. The maximum atomic E-state index is 13.1. The van der Waals surface area contributed by atoms with Crippen molar-refractivity contribution >= 4 is 16.1 Å². The summed E-state index contributed by atoms with van der Waals surface area (Å²) in [5, 5.41) is 4.77. The molecule has 0 aromatic heterocycles. The zero-order chi connectivity index (χ0) is 16.8. The molecule has 0 aromatic carbocycles. The highest BCUT2D eigenvalue weighted by Gasteiger charge is 2.55. The summed E-state index contributed by atoms with van der Waals surface area (Å²) >= 11 is 0. The molecule has 0 radical (unpaired) electrons. The van der Waals surface area contributed by atoms with Crippen molar-refractivity contribution in [2.45, 2.75) is 50.4 Å². The lowest BCUT2D eigenvalue weighted by Gasteiger charge is -2.46. The number of fused-ring (bicyclic) bond motifs is 2. The zero-order valence-corrected chi connectivity index (χ0v) is 13.0. The lowest BCUT2D eigenvalue weighted by atomic mass is 9.61. The second-order valence-corrected chi connectivity index (χ2v) is 8.34. The van der Waals surface area contributed by atoms with Crippen LogP contribution in [0, 0.1) is 17.3 Å². The largest absolute Gasteiger partial charge is 0.465 e. The van der Waals surface area contributed by atoms with E-state index in [1.807, 2.05) is 0 Å². The average molecular weight is 342 g/mol. The number of alkyl halides is 2. The molecule has 6 nitrogen and oxygen atoms in total. The van der Waals surface area contributed by atoms with Crippen molar-refractivity contribution in [2.75, 3.05) is 6.61 Å². The van der Waals surface area contributed by atoms with Gasteiger partial charge in [-0.1, -0.05) is 6.92 Å². The van der Waals surface area contributed by atoms with Crippen molar-refractivity contribution in [1.82, 2.24) is 0 Å². The van der Waals surface area contributed by atoms with Crippen LogP contribution in [0.1, 0.15) is 39.0 Å². The molecule has 2 fully saturated rings. The van der Waals surface area contributed by atoms with Crippen LogP contribution in [-0.2, 0) is 19.6 Å². The van der Waals surface area contributed by atoms with Gasteiger partial charge < -0.3 is 9.84 Å². The number of ether oxygens (including phenoxy) is 1. The van der Waals surface area contributed by atoms with Crippen LogP contribution in [0.3, 0.4) is 0 Å². The molecule has 2 aliphatic carbocycles. The van der Waals surface area contributed by atoms with E-state index in [1.165, 1.54) is 0 Å². The quantitative estimate of drug-likeness (QED) is 0.594. The van der Waals surface area contributed by atoms with Gasteiger partial charge in [-0.2, -0.15) is 17.2 Å². The molecular formula is C13H20F2O6S. The molecule has 22 heavy (non-hydrogen) atoms. The van der Waals surface area contributed by atoms with Crippen LogP contribution >= 0.6 is 0 Å². The van der Waals surface area contributed by atoms with Gasteiger partial charge in [0.15, 0.2) is 0 Å². The first kappa shape index (κ1) is 17.6. The van der Waals surface area contributed by atoms with Gasteiger partial charge in [-0.25, -0.2) is 4.79 Å². The Bertz CT molecular complexity index is 529. The molecule has 2 unspecified atom stereocenters. The van der Waals surface area contributed by atoms with E-state index in [4.69, 9.17) is 4.55 Å². The number of halogens is 2. The van der Waals surface area contributed by atoms with Crippen molar-refractivity contribution in [1.29, 1.82) is 0 Å². The number of carbonyl (C=O) groups excluding carboxylic acids is 1. The third kappa shape index (κ3) is 3.57. The molecule has 2 atom stereocenters. The molecule has 0 aliphatic heterocycles. The third-order valence-electron chi connectivity index (χ3n) is 4.55. The second-order valence-electron chi connectivity index (χ2n) is 6.88. The van der Waals surface area contributed by atoms with Gasteiger partial charge in [0.2, 0.25) is 0 Å². The Morgan fingerprint density at radius 3 is 2.23 bits per heavy atom. The minimum Gasteiger partial charge on any atom is -0.460 e. The molecule has 2 aliphatic rings. The Hall–Kier alpha value is -0.800. The standard InChI is InChI=1S/C13H20F2O6S/c1-12(5-8-2-9(6-12)4-10(16)3-8)7-21-11(17)13(14,15)22(18,19)20/h8-10,16H,2-7H2,1H3,(H,18,19,20). The molecule has 0 aromatic rings. The highest BCUT2D eigenvalue weighted by molar-refractivity contribution is 7.87. The fourth-order valence-corrected chi connectivity index (χ4v) is 4.16. The van der Waals surface area contributed by atoms with E-state index in [9.17, 15) is 27.1 Å². The fourth-order valence-electron chi connectivity index (χ4n) is 3.89. The highest BCUT2D eigenvalue weighted by Crippen LogP contribution is 2.48. The number of aliphatic hydroxyl groups excluding tert-OH is 1. The SMILES string of the molecule is CC1(COC(=O)C(F)(F)S(=O)(=O)O)CC2CC(O)CC(C2)C1. The van der Waals surface area contributed by atoms with Crippen LogP contribution in [0.15, 0.2) is 0 Å². The first-order valence-corrected chi connectivity index (χ1v) is 8.57. The summed E-state index contributed by atoms with van der Waals surface area (Å²) < 4.78 is 60.1. The predicted octanol–water partition coefficient (Wildman–Crippen LogP) is 1.59. The molecule has 0 spiro atoms. The van der Waals surface area contributed by atoms with E-state index in [0.717, 1.165) is 6.42 Å². The molecule has 2 bridgehead atoms. The van der Waals surface area contributed by atoms with Crippen LogP contribution in [0.4, 0.5) is 8.78 Å². The van der Waals surface area contributed by atoms with E-state index >= 15 is 0 Å². The number of esters is 1. The first-order valence-electron chi connectivity index (χ1n) is 7.13. The molecular weight excluding hydrogens is 322 g/mol. The smallest absolute Gasteiger partial charge is 0.460 e. The Morgan fingerprint density at radius 1 is 1.27 bits per heavy atom. The van der Waals surface area contributed by atoms with E-state index in [0.29, 0.717) is 25.7 Å². The van der Waals surface area contributed by atoms with Gasteiger partial charge in [0.1, 0.15) is 0 Å². The summed E-state index contributed by atoms with van der Waals surface area (Å²) in [6.45, 7) is 1.46. The van der Waals surface area contributed by atoms with Gasteiger partial charge in [0, 0.05) is 5.41 Å². The maximum absolute atomic E-state index is 13.1. The van der Waals surface area contributed by atoms with Crippen LogP contribution in [0.25, 0.3) is 0 Å². The van der Waals surface area contributed by atoms with Crippen LogP contribution in [0.5, 0.6) is 0 Å². The number of rotatable bonds is 4. The molecule has 2 rings (SSSR count). The lowest BCUT2D eigenvalue weighted by molar-refractivity contribution is -0.167. The van der Waals surface area contributed by atoms with Gasteiger partial charge in [-0.3, -0.25) is 4.55 Å². The van der Waals surface area contributed by atoms with Crippen LogP contribution in [-0.4, -0.2) is 42.0 Å². The van der Waals surface area contributed by atoms with Gasteiger partial charge in [-0.05, 0) is 43.9 Å². The van der Waals surface area contributed by atoms with Crippen molar-refractivity contribution in [3.8, 4) is 0 Å². The monoisotopic (exact) mass is 342 g/mol. The minimum atomic E-state index is -5.84. The fraction of sp³-hybridized carbons (Fsp3) is 0.923. The number of hydrogen-bond acceptors (Lipinski definition) is 5. The molecule has 2 N–H and O–H groups in total. The minimum absolute atomic E-state index is 0.244. The maximum Gasteiger partial charge on any atom is 0.465 e. The number of carbonyl (C=O) groups is 1. The number of hydrogen-bond donors (Lipinski definition) is 2. The van der Waals surface area contributed by atoms with Crippen molar-refractivity contribution in [3.05, 3.63) is 0 Å². The van der Waals surface area contributed by atoms with Crippen LogP contribution in [0.2, 0.25) is 0 Å². The number of aliphatic hydroxyl groups is 1.